The van der Waals surface area contributed by atoms with Gasteiger partial charge in [-0.15, -0.1) is 24.0 Å². The summed E-state index contributed by atoms with van der Waals surface area (Å²) in [6, 6.07) is 1.96. The second-order valence-electron chi connectivity index (χ2n) is 6.80. The molecular formula is C18H35IN6. The van der Waals surface area contributed by atoms with E-state index in [1.54, 1.807) is 0 Å². The summed E-state index contributed by atoms with van der Waals surface area (Å²) in [4.78, 5) is 6.90. The lowest BCUT2D eigenvalue weighted by atomic mass is 10.0. The fraction of sp³-hybridized carbons (Fsp3) is 0.778. The van der Waals surface area contributed by atoms with Crippen LogP contribution in [0.1, 0.15) is 39.0 Å². The zero-order valence-corrected chi connectivity index (χ0v) is 18.1. The summed E-state index contributed by atoms with van der Waals surface area (Å²) in [5.74, 6) is 1.78. The van der Waals surface area contributed by atoms with Crippen LogP contribution in [-0.4, -0.2) is 60.4 Å². The largest absolute Gasteiger partial charge is 0.356 e. The normalized spacial score (nSPS) is 18.6. The Labute approximate surface area is 169 Å². The van der Waals surface area contributed by atoms with E-state index >= 15 is 0 Å². The van der Waals surface area contributed by atoms with Crippen molar-refractivity contribution in [3.8, 4) is 0 Å². The van der Waals surface area contributed by atoms with Crippen LogP contribution in [0.25, 0.3) is 0 Å². The Morgan fingerprint density at radius 3 is 2.68 bits per heavy atom. The van der Waals surface area contributed by atoms with Crippen LogP contribution in [0.3, 0.4) is 0 Å². The van der Waals surface area contributed by atoms with E-state index in [2.05, 4.69) is 32.5 Å². The van der Waals surface area contributed by atoms with E-state index in [9.17, 15) is 0 Å². The Hall–Kier alpha value is -0.830. The monoisotopic (exact) mass is 462 g/mol. The number of hydrogen-bond donors (Lipinski definition) is 2. The molecule has 6 nitrogen and oxygen atoms in total. The molecule has 1 aliphatic heterocycles. The third-order valence-corrected chi connectivity index (χ3v) is 4.57. The lowest BCUT2D eigenvalue weighted by molar-refractivity contribution is 0.181. The van der Waals surface area contributed by atoms with E-state index in [1.165, 1.54) is 45.3 Å². The molecule has 1 saturated heterocycles. The van der Waals surface area contributed by atoms with E-state index in [0.717, 1.165) is 37.9 Å². The van der Waals surface area contributed by atoms with Crippen LogP contribution in [0.2, 0.25) is 0 Å². The van der Waals surface area contributed by atoms with Crippen molar-refractivity contribution in [3.05, 3.63) is 18.5 Å². The molecule has 1 aromatic rings. The number of rotatable bonds is 9. The van der Waals surface area contributed by atoms with Crippen LogP contribution in [0, 0.1) is 5.92 Å². The van der Waals surface area contributed by atoms with Crippen molar-refractivity contribution in [1.82, 2.24) is 25.3 Å². The van der Waals surface area contributed by atoms with Gasteiger partial charge in [0.25, 0.3) is 0 Å². The number of halogens is 1. The van der Waals surface area contributed by atoms with Gasteiger partial charge in [0, 0.05) is 45.6 Å². The SMILES string of the molecule is CN=C(NCCCCN1CCCC(C)C1)NCCCn1cccn1.I. The van der Waals surface area contributed by atoms with Crippen molar-refractivity contribution in [3.63, 3.8) is 0 Å². The van der Waals surface area contributed by atoms with Crippen molar-refractivity contribution >= 4 is 29.9 Å². The van der Waals surface area contributed by atoms with Crippen molar-refractivity contribution < 1.29 is 0 Å². The zero-order valence-electron chi connectivity index (χ0n) is 15.8. The molecule has 2 heterocycles. The van der Waals surface area contributed by atoms with Crippen LogP contribution in [0.5, 0.6) is 0 Å². The number of aromatic nitrogens is 2. The van der Waals surface area contributed by atoms with Crippen LogP contribution in [-0.2, 0) is 6.54 Å². The summed E-state index contributed by atoms with van der Waals surface area (Å²) in [6.45, 7) is 9.01. The number of hydrogen-bond acceptors (Lipinski definition) is 3. The van der Waals surface area contributed by atoms with Gasteiger partial charge in [0.1, 0.15) is 0 Å². The second-order valence-corrected chi connectivity index (χ2v) is 6.80. The smallest absolute Gasteiger partial charge is 0.190 e. The van der Waals surface area contributed by atoms with Crippen molar-refractivity contribution in [2.45, 2.75) is 45.6 Å². The first-order valence-corrected chi connectivity index (χ1v) is 9.42. The molecule has 2 rings (SSSR count). The topological polar surface area (TPSA) is 57.5 Å². The molecule has 0 amide bonds. The summed E-state index contributed by atoms with van der Waals surface area (Å²) < 4.78 is 1.96. The Balaban J connectivity index is 0.00000312. The van der Waals surface area contributed by atoms with Crippen LogP contribution in [0.15, 0.2) is 23.5 Å². The summed E-state index contributed by atoms with van der Waals surface area (Å²) in [5, 5.41) is 11.0. The molecule has 0 bridgehead atoms. The number of unbranched alkanes of at least 4 members (excludes halogenated alkanes) is 1. The van der Waals surface area contributed by atoms with Gasteiger partial charge >= 0.3 is 0 Å². The molecule has 0 spiro atoms. The van der Waals surface area contributed by atoms with Crippen LogP contribution in [0.4, 0.5) is 0 Å². The Bertz CT molecular complexity index is 462. The molecule has 1 fully saturated rings. The molecular weight excluding hydrogens is 427 g/mol. The quantitative estimate of drug-likeness (QED) is 0.256. The fourth-order valence-corrected chi connectivity index (χ4v) is 3.26. The van der Waals surface area contributed by atoms with Gasteiger partial charge in [-0.25, -0.2) is 0 Å². The van der Waals surface area contributed by atoms with E-state index in [-0.39, 0.29) is 24.0 Å². The van der Waals surface area contributed by atoms with Crippen molar-refractivity contribution in [2.24, 2.45) is 10.9 Å². The van der Waals surface area contributed by atoms with E-state index in [1.807, 2.05) is 30.2 Å². The molecule has 7 heteroatoms. The number of guanidine groups is 1. The lowest BCUT2D eigenvalue weighted by Gasteiger charge is -2.30. The van der Waals surface area contributed by atoms with Crippen molar-refractivity contribution in [1.29, 1.82) is 0 Å². The van der Waals surface area contributed by atoms with E-state index in [4.69, 9.17) is 0 Å². The number of nitrogens with zero attached hydrogens (tertiary/aromatic N) is 4. The standard InChI is InChI=1S/C18H34N6.HI/c1-17-8-5-13-23(16-17)12-4-3-9-20-18(19-2)21-10-6-14-24-15-7-11-22-24;/h7,11,15,17H,3-6,8-10,12-14,16H2,1-2H3,(H2,19,20,21);1H. The Morgan fingerprint density at radius 2 is 2.00 bits per heavy atom. The first kappa shape index (κ1) is 22.2. The molecule has 1 aliphatic rings. The van der Waals surface area contributed by atoms with E-state index in [0.29, 0.717) is 0 Å². The predicted octanol–water partition coefficient (Wildman–Crippen LogP) is 2.57. The maximum absolute atomic E-state index is 4.28. The fourth-order valence-electron chi connectivity index (χ4n) is 3.26. The van der Waals surface area contributed by atoms with Crippen LogP contribution < -0.4 is 10.6 Å². The van der Waals surface area contributed by atoms with Gasteiger partial charge in [-0.1, -0.05) is 6.92 Å². The minimum absolute atomic E-state index is 0. The third kappa shape index (κ3) is 9.44. The number of aliphatic imine (C=N–C) groups is 1. The Kier molecular flexibility index (Phi) is 11.9. The molecule has 1 aromatic heterocycles. The molecule has 0 saturated carbocycles. The highest BCUT2D eigenvalue weighted by atomic mass is 127. The maximum atomic E-state index is 4.28. The highest BCUT2D eigenvalue weighted by Gasteiger charge is 2.15. The third-order valence-electron chi connectivity index (χ3n) is 4.57. The average molecular weight is 462 g/mol. The second kappa shape index (κ2) is 13.4. The van der Waals surface area contributed by atoms with E-state index < -0.39 is 0 Å². The molecule has 1 unspecified atom stereocenters. The molecule has 144 valence electrons. The van der Waals surface area contributed by atoms with Crippen LogP contribution >= 0.6 is 24.0 Å². The molecule has 0 aromatic carbocycles. The molecule has 0 aliphatic carbocycles. The number of likely N-dealkylation sites (tertiary alicyclic amines) is 1. The molecule has 1 atom stereocenters. The van der Waals surface area contributed by atoms with Gasteiger partial charge in [-0.05, 0) is 57.2 Å². The summed E-state index contributed by atoms with van der Waals surface area (Å²) in [7, 11) is 1.83. The summed E-state index contributed by atoms with van der Waals surface area (Å²) >= 11 is 0. The zero-order chi connectivity index (χ0) is 17.0. The molecule has 0 radical (unpaired) electrons. The van der Waals surface area contributed by atoms with Gasteiger partial charge in [0.15, 0.2) is 5.96 Å². The minimum Gasteiger partial charge on any atom is -0.356 e. The summed E-state index contributed by atoms with van der Waals surface area (Å²) in [6.07, 6.45) is 10.1. The number of aryl methyl sites for hydroxylation is 1. The minimum atomic E-state index is 0. The van der Waals surface area contributed by atoms with Gasteiger partial charge < -0.3 is 15.5 Å². The summed E-state index contributed by atoms with van der Waals surface area (Å²) in [5.41, 5.74) is 0. The molecule has 25 heavy (non-hydrogen) atoms. The lowest BCUT2D eigenvalue weighted by Crippen LogP contribution is -2.39. The van der Waals surface area contributed by atoms with Gasteiger partial charge in [-0.2, -0.15) is 5.10 Å². The highest BCUT2D eigenvalue weighted by Crippen LogP contribution is 2.15. The Morgan fingerprint density at radius 1 is 1.20 bits per heavy atom. The average Bonchev–Trinajstić information content (AvgIpc) is 3.10. The van der Waals surface area contributed by atoms with Gasteiger partial charge in [0.2, 0.25) is 0 Å². The number of nitrogens with one attached hydrogen (secondary N) is 2. The molecule has 2 N–H and O–H groups in total. The highest BCUT2D eigenvalue weighted by molar-refractivity contribution is 14.0. The van der Waals surface area contributed by atoms with Gasteiger partial charge in [-0.3, -0.25) is 9.67 Å². The predicted molar refractivity (Wildman–Crippen MR) is 116 cm³/mol. The van der Waals surface area contributed by atoms with Gasteiger partial charge in [0.05, 0.1) is 0 Å². The first-order valence-electron chi connectivity index (χ1n) is 9.42. The first-order chi connectivity index (χ1) is 11.8. The number of piperidine rings is 1. The maximum Gasteiger partial charge on any atom is 0.190 e. The van der Waals surface area contributed by atoms with Crippen molar-refractivity contribution in [2.75, 3.05) is 39.8 Å².